The number of β-lactam (4-membered cyclic amide) rings is 1. The van der Waals surface area contributed by atoms with Crippen molar-refractivity contribution in [3.63, 3.8) is 0 Å². The molecule has 1 saturated heterocycles. The summed E-state index contributed by atoms with van der Waals surface area (Å²) in [5, 5.41) is 0. The van der Waals surface area contributed by atoms with Gasteiger partial charge >= 0.3 is 6.09 Å². The van der Waals surface area contributed by atoms with E-state index in [0.717, 1.165) is 5.57 Å². The summed E-state index contributed by atoms with van der Waals surface area (Å²) in [6.07, 6.45) is 1.75. The fraction of sp³-hybridized carbons (Fsp3) is 0.667. The molecule has 1 atom stereocenters. The van der Waals surface area contributed by atoms with Gasteiger partial charge in [0.15, 0.2) is 0 Å². The SMILES string of the molecule is CC(C)=CC1CC(=O)N1C(=O)OC(C)(C)C. The second-order valence-corrected chi connectivity index (χ2v) is 5.26. The highest BCUT2D eigenvalue weighted by atomic mass is 16.6. The van der Waals surface area contributed by atoms with Crippen LogP contribution in [-0.2, 0) is 9.53 Å². The fourth-order valence-electron chi connectivity index (χ4n) is 1.51. The maximum atomic E-state index is 11.7. The van der Waals surface area contributed by atoms with E-state index in [9.17, 15) is 9.59 Å². The number of hydrogen-bond acceptors (Lipinski definition) is 3. The van der Waals surface area contributed by atoms with Crippen LogP contribution in [0.3, 0.4) is 0 Å². The van der Waals surface area contributed by atoms with Crippen molar-refractivity contribution in [3.8, 4) is 0 Å². The molecule has 1 unspecified atom stereocenters. The van der Waals surface area contributed by atoms with Crippen molar-refractivity contribution in [2.45, 2.75) is 52.7 Å². The minimum atomic E-state index is -0.567. The molecule has 0 aromatic rings. The van der Waals surface area contributed by atoms with Crippen molar-refractivity contribution in [2.24, 2.45) is 0 Å². The lowest BCUT2D eigenvalue weighted by Gasteiger charge is -2.37. The Morgan fingerprint density at radius 3 is 2.38 bits per heavy atom. The summed E-state index contributed by atoms with van der Waals surface area (Å²) < 4.78 is 5.16. The Balaban J connectivity index is 2.68. The number of likely N-dealkylation sites (tertiary alicyclic amines) is 1. The normalized spacial score (nSPS) is 20.2. The van der Waals surface area contributed by atoms with Gasteiger partial charge in [0.2, 0.25) is 5.91 Å². The summed E-state index contributed by atoms with van der Waals surface area (Å²) in [6, 6.07) is -0.132. The second-order valence-electron chi connectivity index (χ2n) is 5.26. The van der Waals surface area contributed by atoms with Crippen LogP contribution in [0.4, 0.5) is 4.79 Å². The third kappa shape index (κ3) is 3.08. The van der Waals surface area contributed by atoms with Crippen LogP contribution in [-0.4, -0.2) is 28.5 Å². The van der Waals surface area contributed by atoms with Gasteiger partial charge in [-0.05, 0) is 34.6 Å². The summed E-state index contributed by atoms with van der Waals surface area (Å²) in [5.41, 5.74) is 0.522. The molecule has 4 nitrogen and oxygen atoms in total. The van der Waals surface area contributed by atoms with Crippen LogP contribution < -0.4 is 0 Å². The van der Waals surface area contributed by atoms with E-state index in [4.69, 9.17) is 4.74 Å². The van der Waals surface area contributed by atoms with Crippen LogP contribution in [0.5, 0.6) is 0 Å². The van der Waals surface area contributed by atoms with Crippen molar-refractivity contribution in [1.82, 2.24) is 4.90 Å². The van der Waals surface area contributed by atoms with E-state index in [2.05, 4.69) is 0 Å². The van der Waals surface area contributed by atoms with Crippen molar-refractivity contribution < 1.29 is 14.3 Å². The van der Waals surface area contributed by atoms with Gasteiger partial charge in [0, 0.05) is 0 Å². The highest BCUT2D eigenvalue weighted by Gasteiger charge is 2.41. The first kappa shape index (κ1) is 12.7. The molecule has 2 amide bonds. The molecule has 1 heterocycles. The van der Waals surface area contributed by atoms with Gasteiger partial charge in [0.25, 0.3) is 0 Å². The lowest BCUT2D eigenvalue weighted by atomic mass is 10.0. The Kier molecular flexibility index (Phi) is 3.41. The maximum Gasteiger partial charge on any atom is 0.417 e. The van der Waals surface area contributed by atoms with E-state index in [1.807, 2.05) is 19.9 Å². The molecule has 90 valence electrons. The highest BCUT2D eigenvalue weighted by Crippen LogP contribution is 2.24. The third-order valence-electron chi connectivity index (χ3n) is 2.10. The monoisotopic (exact) mass is 225 g/mol. The number of rotatable bonds is 1. The average Bonchev–Trinajstić information content (AvgIpc) is 1.97. The Hall–Kier alpha value is -1.32. The van der Waals surface area contributed by atoms with E-state index in [0.29, 0.717) is 6.42 Å². The van der Waals surface area contributed by atoms with Crippen molar-refractivity contribution in [2.75, 3.05) is 0 Å². The van der Waals surface area contributed by atoms with Crippen molar-refractivity contribution in [3.05, 3.63) is 11.6 Å². The number of imide groups is 1. The van der Waals surface area contributed by atoms with Gasteiger partial charge in [-0.3, -0.25) is 4.79 Å². The maximum absolute atomic E-state index is 11.7. The van der Waals surface area contributed by atoms with Gasteiger partial charge in [-0.15, -0.1) is 0 Å². The van der Waals surface area contributed by atoms with Crippen molar-refractivity contribution in [1.29, 1.82) is 0 Å². The average molecular weight is 225 g/mol. The highest BCUT2D eigenvalue weighted by molar-refractivity contribution is 5.98. The van der Waals surface area contributed by atoms with E-state index in [1.165, 1.54) is 4.90 Å². The lowest BCUT2D eigenvalue weighted by molar-refractivity contribution is -0.141. The molecule has 0 spiro atoms. The van der Waals surface area contributed by atoms with Crippen LogP contribution in [0, 0.1) is 0 Å². The number of carbonyl (C=O) groups is 2. The molecule has 1 rings (SSSR count). The number of hydrogen-bond donors (Lipinski definition) is 0. The van der Waals surface area contributed by atoms with Crippen LogP contribution in [0.15, 0.2) is 11.6 Å². The van der Waals surface area contributed by atoms with E-state index in [-0.39, 0.29) is 11.9 Å². The molecule has 0 saturated carbocycles. The van der Waals surface area contributed by atoms with Gasteiger partial charge in [-0.1, -0.05) is 11.6 Å². The van der Waals surface area contributed by atoms with Crippen LogP contribution >= 0.6 is 0 Å². The van der Waals surface area contributed by atoms with Crippen LogP contribution in [0.2, 0.25) is 0 Å². The Morgan fingerprint density at radius 2 is 2.00 bits per heavy atom. The van der Waals surface area contributed by atoms with E-state index in [1.54, 1.807) is 20.8 Å². The largest absolute Gasteiger partial charge is 0.443 e. The number of carbonyl (C=O) groups excluding carboxylic acids is 2. The van der Waals surface area contributed by atoms with Gasteiger partial charge in [-0.25, -0.2) is 9.69 Å². The summed E-state index contributed by atoms with van der Waals surface area (Å²) in [7, 11) is 0. The molecule has 16 heavy (non-hydrogen) atoms. The Morgan fingerprint density at radius 1 is 1.44 bits per heavy atom. The Bertz CT molecular complexity index is 335. The molecule has 0 aromatic carbocycles. The summed E-state index contributed by atoms with van der Waals surface area (Å²) in [4.78, 5) is 24.2. The molecule has 1 aliphatic heterocycles. The first-order chi connectivity index (χ1) is 7.20. The summed E-state index contributed by atoms with van der Waals surface area (Å²) in [5.74, 6) is -0.170. The van der Waals surface area contributed by atoms with Gasteiger partial charge in [0.05, 0.1) is 12.5 Å². The van der Waals surface area contributed by atoms with E-state index < -0.39 is 11.7 Å². The second kappa shape index (κ2) is 4.28. The molecular weight excluding hydrogens is 206 g/mol. The summed E-state index contributed by atoms with van der Waals surface area (Å²) >= 11 is 0. The minimum absolute atomic E-state index is 0.132. The quantitative estimate of drug-likeness (QED) is 0.509. The van der Waals surface area contributed by atoms with E-state index >= 15 is 0 Å². The standard InChI is InChI=1S/C12H19NO3/c1-8(2)6-9-7-10(14)13(9)11(15)16-12(3,4)5/h6,9H,7H2,1-5H3. The molecule has 0 bridgehead atoms. The minimum Gasteiger partial charge on any atom is -0.443 e. The molecule has 1 fully saturated rings. The molecule has 0 aliphatic carbocycles. The van der Waals surface area contributed by atoms with Crippen molar-refractivity contribution >= 4 is 12.0 Å². The van der Waals surface area contributed by atoms with Crippen LogP contribution in [0.1, 0.15) is 41.0 Å². The molecule has 0 N–H and O–H groups in total. The number of ether oxygens (including phenoxy) is 1. The number of amides is 2. The zero-order valence-electron chi connectivity index (χ0n) is 10.5. The predicted octanol–water partition coefficient (Wildman–Crippen LogP) is 2.49. The first-order valence-corrected chi connectivity index (χ1v) is 5.41. The molecule has 0 aromatic heterocycles. The predicted molar refractivity (Wildman–Crippen MR) is 60.9 cm³/mol. The fourth-order valence-corrected chi connectivity index (χ4v) is 1.51. The zero-order valence-corrected chi connectivity index (χ0v) is 10.5. The first-order valence-electron chi connectivity index (χ1n) is 5.41. The van der Waals surface area contributed by atoms with Gasteiger partial charge in [-0.2, -0.15) is 0 Å². The van der Waals surface area contributed by atoms with Gasteiger partial charge < -0.3 is 4.74 Å². The smallest absolute Gasteiger partial charge is 0.417 e. The zero-order chi connectivity index (χ0) is 12.5. The number of nitrogens with zero attached hydrogens (tertiary/aromatic N) is 1. The molecule has 0 radical (unpaired) electrons. The molecule has 4 heteroatoms. The number of allylic oxidation sites excluding steroid dienone is 1. The third-order valence-corrected chi connectivity index (χ3v) is 2.10. The molecular formula is C12H19NO3. The van der Waals surface area contributed by atoms with Crippen LogP contribution in [0.25, 0.3) is 0 Å². The molecule has 1 aliphatic rings. The topological polar surface area (TPSA) is 46.6 Å². The lowest BCUT2D eigenvalue weighted by Crippen LogP contribution is -2.56. The van der Waals surface area contributed by atoms with Gasteiger partial charge in [0.1, 0.15) is 5.60 Å². The Labute approximate surface area is 96.3 Å². The summed E-state index contributed by atoms with van der Waals surface area (Å²) in [6.45, 7) is 9.23.